The van der Waals surface area contributed by atoms with Crippen molar-refractivity contribution in [3.63, 3.8) is 0 Å². The molecule has 0 bridgehead atoms. The van der Waals surface area contributed by atoms with Crippen LogP contribution in [0.5, 0.6) is 0 Å². The van der Waals surface area contributed by atoms with Gasteiger partial charge >= 0.3 is 5.63 Å². The molecule has 0 amide bonds. The van der Waals surface area contributed by atoms with Gasteiger partial charge in [0, 0.05) is 35.3 Å². The molecule has 2 aromatic heterocycles. The van der Waals surface area contributed by atoms with Gasteiger partial charge in [-0.1, -0.05) is 18.5 Å². The fraction of sp³-hybridized carbons (Fsp3) is 0.238. The van der Waals surface area contributed by atoms with Crippen LogP contribution in [0.25, 0.3) is 33.5 Å². The zero-order chi connectivity index (χ0) is 18.5. The summed E-state index contributed by atoms with van der Waals surface area (Å²) in [4.78, 5) is 19.3. The van der Waals surface area contributed by atoms with E-state index in [1.54, 1.807) is 24.3 Å². The molecular weight excluding hydrogens is 364 g/mol. The molecule has 1 aliphatic heterocycles. The van der Waals surface area contributed by atoms with E-state index in [0.29, 0.717) is 33.2 Å². The highest BCUT2D eigenvalue weighted by atomic mass is 35.5. The topological polar surface area (TPSA) is 59.5 Å². The van der Waals surface area contributed by atoms with Gasteiger partial charge in [-0.3, -0.25) is 0 Å². The van der Waals surface area contributed by atoms with E-state index in [1.165, 1.54) is 6.42 Å². The number of hydrogen-bond acceptors (Lipinski definition) is 5. The normalized spacial score (nSPS) is 17.3. The van der Waals surface area contributed by atoms with Crippen molar-refractivity contribution in [1.82, 2.24) is 4.98 Å². The standard InChI is InChI=1S/C21H17ClN2O3/c1-12-6-7-24(11-12)15-4-2-13-8-16(21(25)27-19(13)10-15)20-23-17-9-14(22)3-5-18(17)26-20/h2-5,8-10,12H,6-7,11H2,1H3. The van der Waals surface area contributed by atoms with Gasteiger partial charge < -0.3 is 13.7 Å². The molecule has 6 heteroatoms. The molecule has 27 heavy (non-hydrogen) atoms. The fourth-order valence-corrected chi connectivity index (χ4v) is 3.80. The molecule has 0 saturated carbocycles. The van der Waals surface area contributed by atoms with E-state index in [9.17, 15) is 4.79 Å². The maximum Gasteiger partial charge on any atom is 0.349 e. The molecule has 1 aliphatic rings. The Morgan fingerprint density at radius 1 is 1.11 bits per heavy atom. The van der Waals surface area contributed by atoms with Gasteiger partial charge in [0.15, 0.2) is 5.58 Å². The summed E-state index contributed by atoms with van der Waals surface area (Å²) < 4.78 is 11.3. The average molecular weight is 381 g/mol. The van der Waals surface area contributed by atoms with Crippen LogP contribution in [-0.4, -0.2) is 18.1 Å². The molecule has 1 unspecified atom stereocenters. The lowest BCUT2D eigenvalue weighted by Gasteiger charge is -2.18. The largest absolute Gasteiger partial charge is 0.436 e. The minimum absolute atomic E-state index is 0.236. The zero-order valence-electron chi connectivity index (χ0n) is 14.7. The van der Waals surface area contributed by atoms with Crippen molar-refractivity contribution < 1.29 is 8.83 Å². The Morgan fingerprint density at radius 2 is 2.00 bits per heavy atom. The third-order valence-electron chi connectivity index (χ3n) is 5.09. The van der Waals surface area contributed by atoms with Crippen molar-refractivity contribution >= 4 is 39.4 Å². The first kappa shape index (κ1) is 16.4. The van der Waals surface area contributed by atoms with Crippen molar-refractivity contribution in [2.75, 3.05) is 18.0 Å². The quantitative estimate of drug-likeness (QED) is 0.453. The summed E-state index contributed by atoms with van der Waals surface area (Å²) in [6, 6.07) is 12.9. The van der Waals surface area contributed by atoms with Crippen LogP contribution in [0.1, 0.15) is 13.3 Å². The molecule has 4 aromatic rings. The lowest BCUT2D eigenvalue weighted by atomic mass is 10.1. The van der Waals surface area contributed by atoms with Crippen LogP contribution in [0, 0.1) is 5.92 Å². The minimum Gasteiger partial charge on any atom is -0.436 e. The summed E-state index contributed by atoms with van der Waals surface area (Å²) in [6.45, 7) is 4.31. The van der Waals surface area contributed by atoms with Crippen molar-refractivity contribution in [1.29, 1.82) is 0 Å². The van der Waals surface area contributed by atoms with Gasteiger partial charge in [0.1, 0.15) is 16.7 Å². The van der Waals surface area contributed by atoms with Gasteiger partial charge in [-0.25, -0.2) is 9.78 Å². The molecule has 0 aliphatic carbocycles. The monoisotopic (exact) mass is 380 g/mol. The Morgan fingerprint density at radius 3 is 2.81 bits per heavy atom. The lowest BCUT2D eigenvalue weighted by Crippen LogP contribution is -2.18. The van der Waals surface area contributed by atoms with E-state index in [4.69, 9.17) is 20.4 Å². The third kappa shape index (κ3) is 2.88. The van der Waals surface area contributed by atoms with E-state index in [0.717, 1.165) is 24.2 Å². The summed E-state index contributed by atoms with van der Waals surface area (Å²) in [5.74, 6) is 0.920. The highest BCUT2D eigenvalue weighted by Gasteiger charge is 2.20. The van der Waals surface area contributed by atoms with Gasteiger partial charge in [-0.15, -0.1) is 0 Å². The Balaban J connectivity index is 1.59. The van der Waals surface area contributed by atoms with E-state index in [-0.39, 0.29) is 5.89 Å². The molecule has 0 N–H and O–H groups in total. The molecule has 2 aromatic carbocycles. The molecule has 1 saturated heterocycles. The van der Waals surface area contributed by atoms with Crippen LogP contribution in [0.3, 0.4) is 0 Å². The second-order valence-corrected chi connectivity index (χ2v) is 7.58. The first-order valence-electron chi connectivity index (χ1n) is 8.96. The zero-order valence-corrected chi connectivity index (χ0v) is 15.5. The maximum absolute atomic E-state index is 12.6. The van der Waals surface area contributed by atoms with E-state index in [2.05, 4.69) is 22.9 Å². The molecule has 136 valence electrons. The van der Waals surface area contributed by atoms with E-state index >= 15 is 0 Å². The first-order chi connectivity index (χ1) is 13.1. The van der Waals surface area contributed by atoms with E-state index in [1.807, 2.05) is 12.1 Å². The van der Waals surface area contributed by atoms with Crippen LogP contribution < -0.4 is 10.5 Å². The molecule has 1 fully saturated rings. The van der Waals surface area contributed by atoms with Crippen LogP contribution in [0.4, 0.5) is 5.69 Å². The Labute approximate surface area is 160 Å². The number of rotatable bonds is 2. The van der Waals surface area contributed by atoms with E-state index < -0.39 is 5.63 Å². The predicted molar refractivity (Wildman–Crippen MR) is 106 cm³/mol. The average Bonchev–Trinajstić information content (AvgIpc) is 3.26. The summed E-state index contributed by atoms with van der Waals surface area (Å²) in [7, 11) is 0. The van der Waals surface area contributed by atoms with Crippen molar-refractivity contribution in [3.05, 3.63) is 57.9 Å². The van der Waals surface area contributed by atoms with Crippen molar-refractivity contribution in [3.8, 4) is 11.5 Å². The van der Waals surface area contributed by atoms with Gasteiger partial charge in [-0.2, -0.15) is 0 Å². The lowest BCUT2D eigenvalue weighted by molar-refractivity contribution is 0.553. The molecule has 5 nitrogen and oxygen atoms in total. The smallest absolute Gasteiger partial charge is 0.349 e. The Bertz CT molecular complexity index is 1230. The predicted octanol–water partition coefficient (Wildman–Crippen LogP) is 5.10. The molecular formula is C21H17ClN2O3. The number of oxazole rings is 1. The fourth-order valence-electron chi connectivity index (χ4n) is 3.63. The van der Waals surface area contributed by atoms with Gasteiger partial charge in [0.05, 0.1) is 0 Å². The Hall–Kier alpha value is -2.79. The maximum atomic E-state index is 12.6. The summed E-state index contributed by atoms with van der Waals surface area (Å²) in [5, 5.41) is 1.40. The summed E-state index contributed by atoms with van der Waals surface area (Å²) in [6.07, 6.45) is 1.18. The number of hydrogen-bond donors (Lipinski definition) is 0. The minimum atomic E-state index is -0.466. The number of fused-ring (bicyclic) bond motifs is 2. The van der Waals surface area contributed by atoms with Gasteiger partial charge in [0.2, 0.25) is 5.89 Å². The second-order valence-electron chi connectivity index (χ2n) is 7.14. The third-order valence-corrected chi connectivity index (χ3v) is 5.32. The number of benzene rings is 2. The van der Waals surface area contributed by atoms with Crippen molar-refractivity contribution in [2.24, 2.45) is 5.92 Å². The van der Waals surface area contributed by atoms with Gasteiger partial charge in [0.25, 0.3) is 0 Å². The van der Waals surface area contributed by atoms with Crippen molar-refractivity contribution in [2.45, 2.75) is 13.3 Å². The number of halogens is 1. The number of nitrogens with zero attached hydrogens (tertiary/aromatic N) is 2. The molecule has 5 rings (SSSR count). The SMILES string of the molecule is CC1CCN(c2ccc3cc(-c4nc5cc(Cl)ccc5o4)c(=O)oc3c2)C1. The number of aromatic nitrogens is 1. The molecule has 1 atom stereocenters. The first-order valence-corrected chi connectivity index (χ1v) is 9.34. The highest BCUT2D eigenvalue weighted by Crippen LogP contribution is 2.29. The number of anilines is 1. The molecule has 0 radical (unpaired) electrons. The summed E-state index contributed by atoms with van der Waals surface area (Å²) in [5.41, 5.74) is 2.67. The van der Waals surface area contributed by atoms with Crippen LogP contribution in [0.15, 0.2) is 56.1 Å². The second kappa shape index (κ2) is 6.13. The summed E-state index contributed by atoms with van der Waals surface area (Å²) >= 11 is 6.00. The Kier molecular flexibility index (Phi) is 3.72. The molecule has 3 heterocycles. The van der Waals surface area contributed by atoms with Crippen LogP contribution >= 0.6 is 11.6 Å². The van der Waals surface area contributed by atoms with Crippen LogP contribution in [0.2, 0.25) is 5.02 Å². The van der Waals surface area contributed by atoms with Crippen LogP contribution in [-0.2, 0) is 0 Å². The molecule has 0 spiro atoms. The van der Waals surface area contributed by atoms with Gasteiger partial charge in [-0.05, 0) is 48.7 Å². The highest BCUT2D eigenvalue weighted by molar-refractivity contribution is 6.31.